The minimum Gasteiger partial charge on any atom is -0.309 e. The normalized spacial score (nSPS) is 21.2. The van der Waals surface area contributed by atoms with Gasteiger partial charge in [-0.15, -0.1) is 0 Å². The molecular weight excluding hydrogens is 749 g/mol. The summed E-state index contributed by atoms with van der Waals surface area (Å²) < 4.78 is 2.48. The molecule has 0 amide bonds. The standard InChI is InChI=1S/C60H58N2/c1-58(2,3)43-25-27-54-49(36-43)50-37-44(59(4,5)6)26-28-55(50)61(54)47-18-14-16-41(35-47)40-15-13-17-42(34-40)48-19-7-10-22-53(48)62-56-23-11-8-20-51(56)60(52-21-9-12-24-57(52)62)45-30-38-29-39(32-45)33-46(60)31-38/h7-28,34-39,45-46H,29-33H2,1-6H3. The van der Waals surface area contributed by atoms with Crippen LogP contribution in [-0.4, -0.2) is 4.57 Å². The number of rotatable bonds is 4. The smallest absolute Gasteiger partial charge is 0.0541 e. The van der Waals surface area contributed by atoms with Gasteiger partial charge < -0.3 is 9.47 Å². The van der Waals surface area contributed by atoms with Crippen molar-refractivity contribution < 1.29 is 0 Å². The molecule has 1 aromatic heterocycles. The molecule has 0 saturated heterocycles. The van der Waals surface area contributed by atoms with E-state index in [0.717, 1.165) is 23.7 Å². The lowest BCUT2D eigenvalue weighted by molar-refractivity contribution is -0.0419. The average molecular weight is 807 g/mol. The van der Waals surface area contributed by atoms with Gasteiger partial charge >= 0.3 is 0 Å². The second-order valence-electron chi connectivity index (χ2n) is 21.5. The highest BCUT2D eigenvalue weighted by Crippen LogP contribution is 2.69. The van der Waals surface area contributed by atoms with E-state index in [2.05, 4.69) is 209 Å². The summed E-state index contributed by atoms with van der Waals surface area (Å²) >= 11 is 0. The molecule has 0 atom stereocenters. The molecule has 2 heteroatoms. The molecule has 308 valence electrons. The van der Waals surface area contributed by atoms with Gasteiger partial charge in [-0.1, -0.05) is 139 Å². The van der Waals surface area contributed by atoms with E-state index in [1.54, 1.807) is 11.1 Å². The van der Waals surface area contributed by atoms with Crippen molar-refractivity contribution in [3.63, 3.8) is 0 Å². The third-order valence-corrected chi connectivity index (χ3v) is 15.9. The van der Waals surface area contributed by atoms with Gasteiger partial charge in [-0.3, -0.25) is 0 Å². The Morgan fingerprint density at radius 1 is 0.435 bits per heavy atom. The first-order chi connectivity index (χ1) is 30.0. The SMILES string of the molecule is CC(C)(C)c1ccc2c(c1)c1cc(C(C)(C)C)ccc1n2-c1cccc(-c2cccc(-c3ccccc3N3c4ccccc4C4(c5ccccc53)C3CC5CC(C3)CC4C5)c2)c1. The van der Waals surface area contributed by atoms with Crippen LogP contribution in [0.5, 0.6) is 0 Å². The lowest BCUT2D eigenvalue weighted by Crippen LogP contribution is -2.57. The van der Waals surface area contributed by atoms with Crippen LogP contribution < -0.4 is 4.90 Å². The summed E-state index contributed by atoms with van der Waals surface area (Å²) in [4.78, 5) is 2.61. The number of fused-ring (bicyclic) bond motifs is 5. The summed E-state index contributed by atoms with van der Waals surface area (Å²) in [5, 5.41) is 2.63. The molecular formula is C60H58N2. The molecule has 8 aromatic rings. The van der Waals surface area contributed by atoms with Gasteiger partial charge in [0.15, 0.2) is 0 Å². The van der Waals surface area contributed by atoms with Crippen LogP contribution in [0.25, 0.3) is 49.7 Å². The molecule has 4 saturated carbocycles. The van der Waals surface area contributed by atoms with Crippen LogP contribution in [0.1, 0.15) is 95.9 Å². The molecule has 4 bridgehead atoms. The Balaban J connectivity index is 0.973. The van der Waals surface area contributed by atoms with Crippen molar-refractivity contribution in [1.82, 2.24) is 4.57 Å². The Morgan fingerprint density at radius 2 is 0.919 bits per heavy atom. The molecule has 0 unspecified atom stereocenters. The summed E-state index contributed by atoms with van der Waals surface area (Å²) in [7, 11) is 0. The summed E-state index contributed by atoms with van der Waals surface area (Å²) in [6.07, 6.45) is 6.99. The highest BCUT2D eigenvalue weighted by molar-refractivity contribution is 6.10. The first kappa shape index (κ1) is 37.9. The van der Waals surface area contributed by atoms with Crippen LogP contribution in [0.2, 0.25) is 0 Å². The topological polar surface area (TPSA) is 8.17 Å². The van der Waals surface area contributed by atoms with E-state index >= 15 is 0 Å². The Labute approximate surface area is 368 Å². The van der Waals surface area contributed by atoms with Crippen molar-refractivity contribution >= 4 is 38.9 Å². The molecule has 13 rings (SSSR count). The van der Waals surface area contributed by atoms with Crippen molar-refractivity contribution in [2.75, 3.05) is 4.90 Å². The van der Waals surface area contributed by atoms with Crippen LogP contribution in [0.3, 0.4) is 0 Å². The molecule has 1 spiro atoms. The highest BCUT2D eigenvalue weighted by Gasteiger charge is 2.61. The highest BCUT2D eigenvalue weighted by atomic mass is 15.2. The lowest BCUT2D eigenvalue weighted by atomic mass is 9.41. The Bertz CT molecular complexity index is 2920. The number of para-hydroxylation sites is 3. The van der Waals surface area contributed by atoms with Gasteiger partial charge in [-0.25, -0.2) is 0 Å². The van der Waals surface area contributed by atoms with Gasteiger partial charge in [0, 0.05) is 27.4 Å². The molecule has 7 aromatic carbocycles. The number of benzene rings is 7. The first-order valence-electron chi connectivity index (χ1n) is 23.4. The van der Waals surface area contributed by atoms with Gasteiger partial charge in [0.1, 0.15) is 0 Å². The maximum atomic E-state index is 2.61. The van der Waals surface area contributed by atoms with Gasteiger partial charge in [0.2, 0.25) is 0 Å². The van der Waals surface area contributed by atoms with Crippen molar-refractivity contribution in [3.8, 4) is 27.9 Å². The van der Waals surface area contributed by atoms with Crippen LogP contribution in [0.4, 0.5) is 17.1 Å². The first-order valence-corrected chi connectivity index (χ1v) is 23.4. The molecule has 4 aliphatic carbocycles. The van der Waals surface area contributed by atoms with Crippen LogP contribution in [-0.2, 0) is 16.2 Å². The predicted octanol–water partition coefficient (Wildman–Crippen LogP) is 16.2. The van der Waals surface area contributed by atoms with Crippen LogP contribution >= 0.6 is 0 Å². The van der Waals surface area contributed by atoms with Crippen molar-refractivity contribution in [2.45, 2.75) is 89.9 Å². The van der Waals surface area contributed by atoms with Crippen molar-refractivity contribution in [2.24, 2.45) is 23.7 Å². The number of hydrogen-bond acceptors (Lipinski definition) is 1. The van der Waals surface area contributed by atoms with E-state index in [4.69, 9.17) is 0 Å². The molecule has 0 radical (unpaired) electrons. The second kappa shape index (κ2) is 13.6. The molecule has 2 heterocycles. The fourth-order valence-electron chi connectivity index (χ4n) is 13.2. The summed E-state index contributed by atoms with van der Waals surface area (Å²) in [6.45, 7) is 13.9. The molecule has 0 N–H and O–H groups in total. The van der Waals surface area contributed by atoms with E-state index in [1.807, 2.05) is 0 Å². The third-order valence-electron chi connectivity index (χ3n) is 15.9. The van der Waals surface area contributed by atoms with Gasteiger partial charge in [-0.05, 0) is 166 Å². The van der Waals surface area contributed by atoms with Crippen molar-refractivity contribution in [1.29, 1.82) is 0 Å². The van der Waals surface area contributed by atoms with Gasteiger partial charge in [0.05, 0.1) is 28.1 Å². The second-order valence-corrected chi connectivity index (χ2v) is 21.5. The number of aromatic nitrogens is 1. The monoisotopic (exact) mass is 806 g/mol. The van der Waals surface area contributed by atoms with E-state index in [0.29, 0.717) is 0 Å². The van der Waals surface area contributed by atoms with E-state index in [-0.39, 0.29) is 16.2 Å². The van der Waals surface area contributed by atoms with Crippen LogP contribution in [0.15, 0.2) is 158 Å². The maximum absolute atomic E-state index is 2.61. The zero-order valence-corrected chi connectivity index (χ0v) is 37.3. The van der Waals surface area contributed by atoms with E-state index in [9.17, 15) is 0 Å². The predicted molar refractivity (Wildman–Crippen MR) is 262 cm³/mol. The fraction of sp³-hybridized carbons (Fsp3) is 0.300. The Kier molecular flexibility index (Phi) is 8.29. The number of anilines is 3. The molecule has 5 aliphatic rings. The van der Waals surface area contributed by atoms with Gasteiger partial charge in [0.25, 0.3) is 0 Å². The van der Waals surface area contributed by atoms with Crippen LogP contribution in [0, 0.1) is 23.7 Å². The van der Waals surface area contributed by atoms with Gasteiger partial charge in [-0.2, -0.15) is 0 Å². The zero-order valence-electron chi connectivity index (χ0n) is 37.3. The third kappa shape index (κ3) is 5.61. The summed E-state index contributed by atoms with van der Waals surface area (Å²) in [5.74, 6) is 3.27. The minimum absolute atomic E-state index is 0.0610. The molecule has 1 aliphatic heterocycles. The maximum Gasteiger partial charge on any atom is 0.0541 e. The van der Waals surface area contributed by atoms with E-state index < -0.39 is 0 Å². The molecule has 2 nitrogen and oxygen atoms in total. The largest absolute Gasteiger partial charge is 0.309 e. The Morgan fingerprint density at radius 3 is 1.48 bits per heavy atom. The summed E-state index contributed by atoms with van der Waals surface area (Å²) in [5.41, 5.74) is 18.6. The average Bonchev–Trinajstić information content (AvgIpc) is 3.60. The lowest BCUT2D eigenvalue weighted by Gasteiger charge is -2.64. The van der Waals surface area contributed by atoms with Crippen molar-refractivity contribution in [3.05, 3.63) is 180 Å². The number of hydrogen-bond donors (Lipinski definition) is 0. The van der Waals surface area contributed by atoms with E-state index in [1.165, 1.54) is 110 Å². The molecule has 4 fully saturated rings. The molecule has 62 heavy (non-hydrogen) atoms. The summed E-state index contributed by atoms with van der Waals surface area (Å²) in [6, 6.07) is 60.8. The number of nitrogens with zero attached hydrogens (tertiary/aromatic N) is 2. The fourth-order valence-corrected chi connectivity index (χ4v) is 13.2. The minimum atomic E-state index is 0.0610. The zero-order chi connectivity index (χ0) is 42.1. The quantitative estimate of drug-likeness (QED) is 0.172. The Hall–Kier alpha value is -5.86.